The summed E-state index contributed by atoms with van der Waals surface area (Å²) < 4.78 is 4.99. The van der Waals surface area contributed by atoms with E-state index in [1.54, 1.807) is 0 Å². The maximum Gasteiger partial charge on any atom is 0.0656 e. The van der Waals surface area contributed by atoms with Crippen LogP contribution in [-0.2, 0) is 0 Å². The number of para-hydroxylation sites is 3. The summed E-state index contributed by atoms with van der Waals surface area (Å²) in [6, 6.07) is 55.8. The zero-order valence-corrected chi connectivity index (χ0v) is 26.9. The van der Waals surface area contributed by atoms with Gasteiger partial charge in [-0.15, -0.1) is 0 Å². The van der Waals surface area contributed by atoms with Crippen LogP contribution in [0.4, 0.5) is 0 Å². The Bertz CT molecular complexity index is 3310. The van der Waals surface area contributed by atoms with Gasteiger partial charge in [0.1, 0.15) is 0 Å². The minimum absolute atomic E-state index is 1.14. The summed E-state index contributed by atoms with van der Waals surface area (Å²) in [4.78, 5) is 4.71. The Balaban J connectivity index is 1.36. The maximum absolute atomic E-state index is 4.71. The highest BCUT2D eigenvalue weighted by atomic mass is 15.0. The monoisotopic (exact) mass is 633 g/mol. The molecule has 0 atom stereocenters. The van der Waals surface area contributed by atoms with E-state index in [0.29, 0.717) is 0 Å². The summed E-state index contributed by atoms with van der Waals surface area (Å²) in [7, 11) is 0. The average Bonchev–Trinajstić information content (AvgIpc) is 3.71. The van der Waals surface area contributed by atoms with Crippen molar-refractivity contribution < 1.29 is 0 Å². The summed E-state index contributed by atoms with van der Waals surface area (Å²) in [5, 5.41) is 17.7. The third kappa shape index (κ3) is 3.18. The highest BCUT2D eigenvalue weighted by molar-refractivity contribution is 6.38. The van der Waals surface area contributed by atoms with Crippen LogP contribution in [0.15, 0.2) is 164 Å². The van der Waals surface area contributed by atoms with Crippen LogP contribution in [0, 0.1) is 0 Å². The predicted molar refractivity (Wildman–Crippen MR) is 212 cm³/mol. The third-order valence-electron chi connectivity index (χ3n) is 11.1. The van der Waals surface area contributed by atoms with E-state index >= 15 is 0 Å². The SMILES string of the molecule is c1ccc(-n2c3ccccc3c3c2c2cnccc2c2c4ccccc4n(-c4ccc5c6cccc7cccc(c8cccc4c85)c76)c23)cc1. The Labute approximate surface area is 286 Å². The van der Waals surface area contributed by atoms with Gasteiger partial charge in [0.15, 0.2) is 0 Å². The Morgan fingerprint density at radius 2 is 0.920 bits per heavy atom. The molecule has 0 radical (unpaired) electrons. The molecule has 12 aromatic rings. The van der Waals surface area contributed by atoms with Crippen LogP contribution < -0.4 is 0 Å². The van der Waals surface area contributed by atoms with Gasteiger partial charge in [-0.1, -0.05) is 115 Å². The van der Waals surface area contributed by atoms with Crippen LogP contribution in [0.5, 0.6) is 0 Å². The predicted octanol–water partition coefficient (Wildman–Crippen LogP) is 12.5. The summed E-state index contributed by atoms with van der Waals surface area (Å²) in [5.74, 6) is 0. The molecule has 50 heavy (non-hydrogen) atoms. The molecule has 3 heteroatoms. The van der Waals surface area contributed by atoms with Crippen molar-refractivity contribution in [3.63, 3.8) is 0 Å². The first kappa shape index (κ1) is 26.3. The second-order valence-electron chi connectivity index (χ2n) is 13.5. The fraction of sp³-hybridized carbons (Fsp3) is 0. The van der Waals surface area contributed by atoms with Crippen molar-refractivity contribution in [3.05, 3.63) is 164 Å². The number of pyridine rings is 1. The van der Waals surface area contributed by atoms with Crippen LogP contribution in [0.1, 0.15) is 0 Å². The van der Waals surface area contributed by atoms with E-state index in [2.05, 4.69) is 167 Å². The summed E-state index contributed by atoms with van der Waals surface area (Å²) in [6.07, 6.45) is 4.00. The molecule has 12 rings (SSSR count). The molecule has 0 fully saturated rings. The van der Waals surface area contributed by atoms with Gasteiger partial charge in [-0.3, -0.25) is 4.98 Å². The largest absolute Gasteiger partial charge is 0.308 e. The normalized spacial score (nSPS) is 12.4. The lowest BCUT2D eigenvalue weighted by molar-refractivity contribution is 1.18. The Hall–Kier alpha value is -6.71. The van der Waals surface area contributed by atoms with Crippen LogP contribution in [0.25, 0.3) is 109 Å². The molecule has 3 nitrogen and oxygen atoms in total. The average molecular weight is 634 g/mol. The lowest BCUT2D eigenvalue weighted by atomic mass is 9.89. The summed E-state index contributed by atoms with van der Waals surface area (Å²) >= 11 is 0. The van der Waals surface area contributed by atoms with Gasteiger partial charge >= 0.3 is 0 Å². The van der Waals surface area contributed by atoms with Crippen LogP contribution in [0.3, 0.4) is 0 Å². The number of aromatic nitrogens is 3. The van der Waals surface area contributed by atoms with Gasteiger partial charge in [-0.25, -0.2) is 0 Å². The van der Waals surface area contributed by atoms with E-state index in [1.165, 1.54) is 97.8 Å². The lowest BCUT2D eigenvalue weighted by Gasteiger charge is -2.18. The molecular formula is C47H27N3. The lowest BCUT2D eigenvalue weighted by Crippen LogP contribution is -1.98. The fourth-order valence-electron chi connectivity index (χ4n) is 9.21. The number of rotatable bonds is 2. The molecule has 0 spiro atoms. The molecule has 0 aliphatic heterocycles. The second kappa shape index (κ2) is 9.46. The van der Waals surface area contributed by atoms with Crippen molar-refractivity contribution in [3.8, 4) is 11.4 Å². The van der Waals surface area contributed by atoms with E-state index in [-0.39, 0.29) is 0 Å². The first-order valence-corrected chi connectivity index (χ1v) is 17.2. The molecule has 0 aliphatic carbocycles. The van der Waals surface area contributed by atoms with Crippen LogP contribution >= 0.6 is 0 Å². The van der Waals surface area contributed by atoms with Gasteiger partial charge in [-0.2, -0.15) is 0 Å². The number of benzene rings is 9. The quantitative estimate of drug-likeness (QED) is 0.137. The second-order valence-corrected chi connectivity index (χ2v) is 13.5. The van der Waals surface area contributed by atoms with E-state index in [4.69, 9.17) is 4.98 Å². The standard InChI is InChI=1S/C47H27N3/c1-2-13-29(14-3-1)49-39-21-6-5-16-37(39)45-46(49)38-27-48-26-25-34(38)44-36-15-4-7-22-40(36)50(47(44)45)41-24-23-33-31-18-9-12-28-11-8-17-30(42(28)31)32-19-10-20-35(41)43(32)33/h1-27H. The Morgan fingerprint density at radius 1 is 0.340 bits per heavy atom. The topological polar surface area (TPSA) is 22.8 Å². The van der Waals surface area contributed by atoms with Gasteiger partial charge in [0, 0.05) is 50.4 Å². The van der Waals surface area contributed by atoms with Crippen molar-refractivity contribution in [1.82, 2.24) is 14.1 Å². The number of nitrogens with zero attached hydrogens (tertiary/aromatic N) is 3. The van der Waals surface area contributed by atoms with Gasteiger partial charge in [0.05, 0.1) is 27.8 Å². The minimum atomic E-state index is 1.14. The van der Waals surface area contributed by atoms with Crippen molar-refractivity contribution in [2.75, 3.05) is 0 Å². The smallest absolute Gasteiger partial charge is 0.0656 e. The highest BCUT2D eigenvalue weighted by Crippen LogP contribution is 2.48. The molecule has 0 saturated heterocycles. The maximum atomic E-state index is 4.71. The third-order valence-corrected chi connectivity index (χ3v) is 11.1. The Morgan fingerprint density at radius 3 is 1.70 bits per heavy atom. The van der Waals surface area contributed by atoms with E-state index in [9.17, 15) is 0 Å². The van der Waals surface area contributed by atoms with Crippen molar-refractivity contribution >= 4 is 97.5 Å². The molecule has 230 valence electrons. The summed E-state index contributed by atoms with van der Waals surface area (Å²) in [6.45, 7) is 0. The molecule has 0 bridgehead atoms. The molecule has 0 saturated carbocycles. The zero-order valence-electron chi connectivity index (χ0n) is 26.9. The number of fused-ring (bicyclic) bond motifs is 12. The van der Waals surface area contributed by atoms with E-state index < -0.39 is 0 Å². The van der Waals surface area contributed by atoms with Gasteiger partial charge in [0.2, 0.25) is 0 Å². The summed E-state index contributed by atoms with van der Waals surface area (Å²) in [5.41, 5.74) is 7.12. The first-order chi connectivity index (χ1) is 24.9. The molecule has 0 unspecified atom stereocenters. The van der Waals surface area contributed by atoms with Crippen molar-refractivity contribution in [1.29, 1.82) is 0 Å². The van der Waals surface area contributed by atoms with Crippen molar-refractivity contribution in [2.45, 2.75) is 0 Å². The van der Waals surface area contributed by atoms with Gasteiger partial charge < -0.3 is 9.13 Å². The molecule has 0 N–H and O–H groups in total. The first-order valence-electron chi connectivity index (χ1n) is 17.2. The van der Waals surface area contributed by atoms with Crippen molar-refractivity contribution in [2.24, 2.45) is 0 Å². The molecule has 3 aromatic heterocycles. The molecule has 9 aromatic carbocycles. The zero-order chi connectivity index (χ0) is 32.5. The van der Waals surface area contributed by atoms with Crippen LogP contribution in [-0.4, -0.2) is 14.1 Å². The fourth-order valence-corrected chi connectivity index (χ4v) is 9.21. The van der Waals surface area contributed by atoms with Gasteiger partial charge in [-0.05, 0) is 79.5 Å². The van der Waals surface area contributed by atoms with Gasteiger partial charge in [0.25, 0.3) is 0 Å². The number of hydrogen-bond acceptors (Lipinski definition) is 1. The molecule has 0 amide bonds. The number of hydrogen-bond donors (Lipinski definition) is 0. The molecule has 0 aliphatic rings. The highest BCUT2D eigenvalue weighted by Gasteiger charge is 2.25. The Kier molecular flexibility index (Phi) is 4.97. The van der Waals surface area contributed by atoms with E-state index in [0.717, 1.165) is 11.1 Å². The van der Waals surface area contributed by atoms with E-state index in [1.807, 2.05) is 6.20 Å². The molecule has 3 heterocycles. The van der Waals surface area contributed by atoms with Crippen LogP contribution in [0.2, 0.25) is 0 Å². The minimum Gasteiger partial charge on any atom is -0.308 e. The molecular weight excluding hydrogens is 607 g/mol.